The normalized spacial score (nSPS) is 16.7. The summed E-state index contributed by atoms with van der Waals surface area (Å²) in [5.41, 5.74) is 1.12. The standard InChI is InChI=1S/C14H20N2O.ClH.Zn/c1-12(17)16(2)14(8-10-15-11-9-14)13-6-4-3-5-7-13;;/h3-7,15H,8-11H2,1-2H3;1H;. The summed E-state index contributed by atoms with van der Waals surface area (Å²) in [6.45, 7) is 3.58. The summed E-state index contributed by atoms with van der Waals surface area (Å²) in [6.07, 6.45) is 1.96. The van der Waals surface area contributed by atoms with Crippen LogP contribution in [0.25, 0.3) is 0 Å². The van der Waals surface area contributed by atoms with E-state index in [9.17, 15) is 4.79 Å². The second-order valence-corrected chi connectivity index (χ2v) is 4.73. The predicted octanol–water partition coefficient (Wildman–Crippen LogP) is 2.16. The molecule has 0 radical (unpaired) electrons. The van der Waals surface area contributed by atoms with E-state index in [-0.39, 0.29) is 43.3 Å². The largest absolute Gasteiger partial charge is 0.336 e. The Hall–Kier alpha value is -0.437. The molecule has 0 spiro atoms. The Morgan fingerprint density at radius 3 is 2.21 bits per heavy atom. The third kappa shape index (κ3) is 3.78. The quantitative estimate of drug-likeness (QED) is 0.841. The van der Waals surface area contributed by atoms with Crippen molar-refractivity contribution in [3.63, 3.8) is 0 Å². The molecule has 0 aromatic heterocycles. The van der Waals surface area contributed by atoms with E-state index in [0.717, 1.165) is 25.9 Å². The molecule has 1 N–H and O–H groups in total. The molecule has 102 valence electrons. The van der Waals surface area contributed by atoms with Crippen molar-refractivity contribution in [1.29, 1.82) is 0 Å². The van der Waals surface area contributed by atoms with E-state index in [1.807, 2.05) is 30.1 Å². The van der Waals surface area contributed by atoms with Gasteiger partial charge >= 0.3 is 0 Å². The van der Waals surface area contributed by atoms with Gasteiger partial charge in [0.2, 0.25) is 5.91 Å². The van der Waals surface area contributed by atoms with E-state index in [4.69, 9.17) is 0 Å². The number of carbonyl (C=O) groups is 1. The number of nitrogens with zero attached hydrogens (tertiary/aromatic N) is 1. The van der Waals surface area contributed by atoms with Crippen LogP contribution in [0.1, 0.15) is 25.3 Å². The van der Waals surface area contributed by atoms with Crippen molar-refractivity contribution in [2.24, 2.45) is 0 Å². The Bertz CT molecular complexity index is 394. The maximum absolute atomic E-state index is 11.7. The Morgan fingerprint density at radius 1 is 1.21 bits per heavy atom. The Kier molecular flexibility index (Phi) is 7.80. The zero-order chi connectivity index (χ0) is 12.3. The molecular formula is C14H21ClN2OZn. The number of nitrogens with one attached hydrogen (secondary N) is 1. The number of piperidine rings is 1. The molecule has 3 nitrogen and oxygen atoms in total. The molecule has 1 fully saturated rings. The van der Waals surface area contributed by atoms with E-state index in [1.165, 1.54) is 5.56 Å². The fraction of sp³-hybridized carbons (Fsp3) is 0.500. The topological polar surface area (TPSA) is 32.3 Å². The second kappa shape index (κ2) is 7.99. The van der Waals surface area contributed by atoms with Gasteiger partial charge in [-0.1, -0.05) is 30.3 Å². The molecule has 1 aromatic carbocycles. The first-order chi connectivity index (χ1) is 8.17. The molecule has 0 saturated carbocycles. The van der Waals surface area contributed by atoms with Gasteiger partial charge in [-0.2, -0.15) is 0 Å². The van der Waals surface area contributed by atoms with Crippen LogP contribution in [-0.4, -0.2) is 30.9 Å². The summed E-state index contributed by atoms with van der Waals surface area (Å²) >= 11 is 0. The molecule has 1 aromatic rings. The zero-order valence-corrected chi connectivity index (χ0v) is 15.5. The molecular weight excluding hydrogens is 313 g/mol. The molecule has 1 heterocycles. The number of hydrogen-bond donors (Lipinski definition) is 1. The summed E-state index contributed by atoms with van der Waals surface area (Å²) in [4.78, 5) is 13.6. The second-order valence-electron chi connectivity index (χ2n) is 4.73. The van der Waals surface area contributed by atoms with Crippen molar-refractivity contribution in [1.82, 2.24) is 10.2 Å². The number of amides is 1. The minimum atomic E-state index is -0.127. The monoisotopic (exact) mass is 332 g/mol. The minimum Gasteiger partial charge on any atom is -0.336 e. The van der Waals surface area contributed by atoms with Gasteiger partial charge in [0.15, 0.2) is 0 Å². The molecule has 1 aliphatic heterocycles. The molecule has 0 atom stereocenters. The Balaban J connectivity index is 0.00000162. The average molecular weight is 334 g/mol. The Labute approximate surface area is 134 Å². The van der Waals surface area contributed by atoms with Gasteiger partial charge in [0.1, 0.15) is 0 Å². The molecule has 1 amide bonds. The van der Waals surface area contributed by atoms with Crippen LogP contribution < -0.4 is 5.32 Å². The van der Waals surface area contributed by atoms with Crippen molar-refractivity contribution < 1.29 is 24.3 Å². The predicted molar refractivity (Wildman–Crippen MR) is 75.9 cm³/mol. The summed E-state index contributed by atoms with van der Waals surface area (Å²) in [5.74, 6) is 0.135. The molecule has 0 bridgehead atoms. The third-order valence-electron chi connectivity index (χ3n) is 3.86. The number of halogens is 1. The molecule has 1 aliphatic rings. The first-order valence-electron chi connectivity index (χ1n) is 6.17. The van der Waals surface area contributed by atoms with Gasteiger partial charge in [0, 0.05) is 33.4 Å². The van der Waals surface area contributed by atoms with Crippen LogP contribution in [0.5, 0.6) is 0 Å². The van der Waals surface area contributed by atoms with Crippen LogP contribution in [0.15, 0.2) is 30.3 Å². The van der Waals surface area contributed by atoms with Gasteiger partial charge in [-0.05, 0) is 31.5 Å². The SMILES string of the molecule is CC(=O)N(C)C1(c2ccccc2)CCNCC1.Cl.[Zn]. The summed E-state index contributed by atoms with van der Waals surface area (Å²) in [6, 6.07) is 10.4. The van der Waals surface area contributed by atoms with E-state index in [2.05, 4.69) is 17.4 Å². The van der Waals surface area contributed by atoms with Crippen LogP contribution in [0.2, 0.25) is 0 Å². The van der Waals surface area contributed by atoms with Crippen molar-refractivity contribution in [2.45, 2.75) is 25.3 Å². The van der Waals surface area contributed by atoms with Gasteiger partial charge in [-0.15, -0.1) is 12.4 Å². The minimum absolute atomic E-state index is 0. The van der Waals surface area contributed by atoms with Gasteiger partial charge in [-0.25, -0.2) is 0 Å². The van der Waals surface area contributed by atoms with Crippen molar-refractivity contribution in [3.8, 4) is 0 Å². The average Bonchev–Trinajstić information content (AvgIpc) is 2.39. The van der Waals surface area contributed by atoms with E-state index in [0.29, 0.717) is 0 Å². The van der Waals surface area contributed by atoms with E-state index in [1.54, 1.807) is 6.92 Å². The Morgan fingerprint density at radius 2 is 1.74 bits per heavy atom. The molecule has 0 aliphatic carbocycles. The summed E-state index contributed by atoms with van der Waals surface area (Å²) in [5, 5.41) is 3.37. The maximum atomic E-state index is 11.7. The zero-order valence-electron chi connectivity index (χ0n) is 11.7. The number of benzene rings is 1. The maximum Gasteiger partial charge on any atom is 0.219 e. The van der Waals surface area contributed by atoms with Crippen LogP contribution in [0, 0.1) is 0 Å². The number of carbonyl (C=O) groups excluding carboxylic acids is 1. The van der Waals surface area contributed by atoms with Crippen LogP contribution in [-0.2, 0) is 29.8 Å². The fourth-order valence-electron chi connectivity index (χ4n) is 2.71. The van der Waals surface area contributed by atoms with E-state index < -0.39 is 0 Å². The molecule has 1 saturated heterocycles. The first-order valence-corrected chi connectivity index (χ1v) is 6.17. The van der Waals surface area contributed by atoms with Gasteiger partial charge in [0.05, 0.1) is 5.54 Å². The number of hydrogen-bond acceptors (Lipinski definition) is 2. The fourth-order valence-corrected chi connectivity index (χ4v) is 2.71. The smallest absolute Gasteiger partial charge is 0.219 e. The summed E-state index contributed by atoms with van der Waals surface area (Å²) < 4.78 is 0. The van der Waals surface area contributed by atoms with Gasteiger partial charge < -0.3 is 10.2 Å². The van der Waals surface area contributed by atoms with Crippen LogP contribution in [0.4, 0.5) is 0 Å². The van der Waals surface area contributed by atoms with Crippen LogP contribution >= 0.6 is 12.4 Å². The van der Waals surface area contributed by atoms with Crippen molar-refractivity contribution >= 4 is 18.3 Å². The van der Waals surface area contributed by atoms with Crippen molar-refractivity contribution in [2.75, 3.05) is 20.1 Å². The van der Waals surface area contributed by atoms with E-state index >= 15 is 0 Å². The van der Waals surface area contributed by atoms with Gasteiger partial charge in [-0.3, -0.25) is 4.79 Å². The molecule has 19 heavy (non-hydrogen) atoms. The molecule has 0 unspecified atom stereocenters. The summed E-state index contributed by atoms with van der Waals surface area (Å²) in [7, 11) is 1.92. The molecule has 2 rings (SSSR count). The number of rotatable bonds is 2. The molecule has 5 heteroatoms. The van der Waals surface area contributed by atoms with Gasteiger partial charge in [0.25, 0.3) is 0 Å². The third-order valence-corrected chi connectivity index (χ3v) is 3.86. The van der Waals surface area contributed by atoms with Crippen molar-refractivity contribution in [3.05, 3.63) is 35.9 Å². The van der Waals surface area contributed by atoms with Crippen LogP contribution in [0.3, 0.4) is 0 Å². The first kappa shape index (κ1) is 18.6.